The third-order valence-electron chi connectivity index (χ3n) is 3.97. The molecule has 1 N–H and O–H groups in total. The van der Waals surface area contributed by atoms with Crippen molar-refractivity contribution in [3.8, 4) is 0 Å². The average molecular weight is 327 g/mol. The molecule has 6 heteroatoms. The first-order valence-corrected chi connectivity index (χ1v) is 7.92. The molecular formula is C18H18FN3O2. The minimum atomic E-state index is -0.501. The Morgan fingerprint density at radius 2 is 1.83 bits per heavy atom. The minimum Gasteiger partial charge on any atom is -0.339 e. The number of benzene rings is 1. The molecule has 0 saturated carbocycles. The van der Waals surface area contributed by atoms with E-state index in [1.807, 2.05) is 4.90 Å². The van der Waals surface area contributed by atoms with Gasteiger partial charge in [-0.2, -0.15) is 0 Å². The van der Waals surface area contributed by atoms with E-state index in [-0.39, 0.29) is 23.9 Å². The quantitative estimate of drug-likeness (QED) is 0.939. The van der Waals surface area contributed by atoms with Crippen LogP contribution in [-0.4, -0.2) is 34.8 Å². The summed E-state index contributed by atoms with van der Waals surface area (Å²) in [4.78, 5) is 29.9. The number of carbonyl (C=O) groups excluding carboxylic acids is 2. The molecule has 3 rings (SSSR count). The van der Waals surface area contributed by atoms with Crippen LogP contribution in [0.1, 0.15) is 28.9 Å². The van der Waals surface area contributed by atoms with E-state index in [4.69, 9.17) is 0 Å². The summed E-state index contributed by atoms with van der Waals surface area (Å²) >= 11 is 0. The maximum absolute atomic E-state index is 13.5. The predicted molar refractivity (Wildman–Crippen MR) is 88.1 cm³/mol. The van der Waals surface area contributed by atoms with E-state index in [2.05, 4.69) is 10.3 Å². The first-order valence-electron chi connectivity index (χ1n) is 7.92. The summed E-state index contributed by atoms with van der Waals surface area (Å²) in [5.41, 5.74) is 1.27. The molecule has 1 aromatic heterocycles. The molecule has 24 heavy (non-hydrogen) atoms. The van der Waals surface area contributed by atoms with Crippen LogP contribution in [0.15, 0.2) is 42.6 Å². The van der Waals surface area contributed by atoms with Gasteiger partial charge in [-0.1, -0.05) is 0 Å². The minimum absolute atomic E-state index is 0.0148. The van der Waals surface area contributed by atoms with Crippen LogP contribution < -0.4 is 5.32 Å². The van der Waals surface area contributed by atoms with Crippen molar-refractivity contribution in [2.24, 2.45) is 0 Å². The molecule has 0 unspecified atom stereocenters. The maximum atomic E-state index is 13.5. The third-order valence-corrected chi connectivity index (χ3v) is 3.97. The van der Waals surface area contributed by atoms with Gasteiger partial charge in [-0.05, 0) is 49.2 Å². The van der Waals surface area contributed by atoms with Gasteiger partial charge < -0.3 is 10.2 Å². The van der Waals surface area contributed by atoms with Crippen molar-refractivity contribution >= 4 is 17.5 Å². The van der Waals surface area contributed by atoms with Crippen molar-refractivity contribution in [3.63, 3.8) is 0 Å². The molecule has 1 saturated heterocycles. The maximum Gasteiger partial charge on any atom is 0.253 e. The van der Waals surface area contributed by atoms with Gasteiger partial charge in [0.15, 0.2) is 0 Å². The fourth-order valence-electron chi connectivity index (χ4n) is 2.70. The third kappa shape index (κ3) is 3.76. The number of rotatable bonds is 4. The van der Waals surface area contributed by atoms with Crippen LogP contribution in [0.25, 0.3) is 0 Å². The Kier molecular flexibility index (Phi) is 4.84. The van der Waals surface area contributed by atoms with Crippen LogP contribution >= 0.6 is 0 Å². The molecule has 1 aromatic carbocycles. The van der Waals surface area contributed by atoms with Crippen molar-refractivity contribution < 1.29 is 14.0 Å². The molecule has 0 spiro atoms. The van der Waals surface area contributed by atoms with Gasteiger partial charge in [-0.3, -0.25) is 14.6 Å². The van der Waals surface area contributed by atoms with Gasteiger partial charge in [0.25, 0.3) is 5.91 Å². The van der Waals surface area contributed by atoms with Gasteiger partial charge in [0.2, 0.25) is 5.91 Å². The lowest BCUT2D eigenvalue weighted by Gasteiger charge is -2.15. The lowest BCUT2D eigenvalue weighted by molar-refractivity contribution is -0.115. The molecule has 2 amide bonds. The highest BCUT2D eigenvalue weighted by molar-refractivity contribution is 5.96. The summed E-state index contributed by atoms with van der Waals surface area (Å²) in [6, 6.07) is 9.49. The summed E-state index contributed by atoms with van der Waals surface area (Å²) in [7, 11) is 0. The van der Waals surface area contributed by atoms with Crippen LogP contribution in [0, 0.1) is 5.82 Å². The highest BCUT2D eigenvalue weighted by Gasteiger charge is 2.19. The second kappa shape index (κ2) is 7.21. The van der Waals surface area contributed by atoms with Crippen LogP contribution in [0.4, 0.5) is 10.1 Å². The average Bonchev–Trinajstić information content (AvgIpc) is 3.11. The van der Waals surface area contributed by atoms with E-state index in [0.29, 0.717) is 11.3 Å². The molecule has 0 aliphatic carbocycles. The SMILES string of the molecule is O=C(Cc1ncccc1F)Nc1ccc(C(=O)N2CCCC2)cc1. The van der Waals surface area contributed by atoms with E-state index >= 15 is 0 Å². The molecule has 0 atom stereocenters. The molecule has 5 nitrogen and oxygen atoms in total. The number of nitrogens with one attached hydrogen (secondary N) is 1. The summed E-state index contributed by atoms with van der Waals surface area (Å²) in [5, 5.41) is 2.68. The molecule has 1 aliphatic heterocycles. The van der Waals surface area contributed by atoms with Crippen molar-refractivity contribution in [3.05, 3.63) is 59.7 Å². The van der Waals surface area contributed by atoms with Gasteiger partial charge in [-0.15, -0.1) is 0 Å². The molecule has 1 fully saturated rings. The zero-order valence-corrected chi connectivity index (χ0v) is 13.2. The molecule has 2 heterocycles. The Bertz CT molecular complexity index is 740. The normalized spacial score (nSPS) is 13.8. The molecule has 2 aromatic rings. The molecule has 1 aliphatic rings. The van der Waals surface area contributed by atoms with Crippen LogP contribution in [-0.2, 0) is 11.2 Å². The van der Waals surface area contributed by atoms with E-state index in [1.54, 1.807) is 24.3 Å². The number of hydrogen-bond donors (Lipinski definition) is 1. The summed E-state index contributed by atoms with van der Waals surface area (Å²) in [6.07, 6.45) is 3.40. The highest BCUT2D eigenvalue weighted by atomic mass is 19.1. The summed E-state index contributed by atoms with van der Waals surface area (Å²) in [5.74, 6) is -0.841. The first kappa shape index (κ1) is 16.1. The lowest BCUT2D eigenvalue weighted by atomic mass is 10.1. The van der Waals surface area contributed by atoms with E-state index in [9.17, 15) is 14.0 Å². The summed E-state index contributed by atoms with van der Waals surface area (Å²) in [6.45, 7) is 1.60. The number of pyridine rings is 1. The van der Waals surface area contributed by atoms with Gasteiger partial charge >= 0.3 is 0 Å². The molecule has 124 valence electrons. The largest absolute Gasteiger partial charge is 0.339 e. The fourth-order valence-corrected chi connectivity index (χ4v) is 2.70. The monoisotopic (exact) mass is 327 g/mol. The van der Waals surface area contributed by atoms with Crippen molar-refractivity contribution in [1.82, 2.24) is 9.88 Å². The number of hydrogen-bond acceptors (Lipinski definition) is 3. The first-order chi connectivity index (χ1) is 11.6. The number of carbonyl (C=O) groups is 2. The van der Waals surface area contributed by atoms with Gasteiger partial charge in [0.1, 0.15) is 5.82 Å². The fraction of sp³-hybridized carbons (Fsp3) is 0.278. The van der Waals surface area contributed by atoms with Gasteiger partial charge in [0, 0.05) is 30.5 Å². The Morgan fingerprint density at radius 3 is 2.50 bits per heavy atom. The summed E-state index contributed by atoms with van der Waals surface area (Å²) < 4.78 is 13.5. The zero-order chi connectivity index (χ0) is 16.9. The second-order valence-corrected chi connectivity index (χ2v) is 5.73. The van der Waals surface area contributed by atoms with E-state index < -0.39 is 5.82 Å². The Morgan fingerprint density at radius 1 is 1.12 bits per heavy atom. The van der Waals surface area contributed by atoms with Crippen LogP contribution in [0.2, 0.25) is 0 Å². The smallest absolute Gasteiger partial charge is 0.253 e. The van der Waals surface area contributed by atoms with Gasteiger partial charge in [0.05, 0.1) is 12.1 Å². The molecule has 0 radical (unpaired) electrons. The predicted octanol–water partition coefficient (Wildman–Crippen LogP) is 2.64. The lowest BCUT2D eigenvalue weighted by Crippen LogP contribution is -2.27. The topological polar surface area (TPSA) is 62.3 Å². The molecule has 0 bridgehead atoms. The second-order valence-electron chi connectivity index (χ2n) is 5.73. The molecular weight excluding hydrogens is 309 g/mol. The number of aromatic nitrogens is 1. The van der Waals surface area contributed by atoms with Crippen molar-refractivity contribution in [2.45, 2.75) is 19.3 Å². The number of anilines is 1. The van der Waals surface area contributed by atoms with E-state index in [1.165, 1.54) is 18.3 Å². The number of likely N-dealkylation sites (tertiary alicyclic amines) is 1. The Hall–Kier alpha value is -2.76. The number of halogens is 1. The van der Waals surface area contributed by atoms with E-state index in [0.717, 1.165) is 25.9 Å². The van der Waals surface area contributed by atoms with Crippen molar-refractivity contribution in [1.29, 1.82) is 0 Å². The van der Waals surface area contributed by atoms with Crippen LogP contribution in [0.3, 0.4) is 0 Å². The van der Waals surface area contributed by atoms with Crippen molar-refractivity contribution in [2.75, 3.05) is 18.4 Å². The number of nitrogens with zero attached hydrogens (tertiary/aromatic N) is 2. The van der Waals surface area contributed by atoms with Gasteiger partial charge in [-0.25, -0.2) is 4.39 Å². The number of amides is 2. The standard InChI is InChI=1S/C18H18FN3O2/c19-15-4-3-9-20-16(15)12-17(23)21-14-7-5-13(6-8-14)18(24)22-10-1-2-11-22/h3-9H,1-2,10-12H2,(H,21,23). The Labute approximate surface area is 139 Å². The Balaban J connectivity index is 1.60. The van der Waals surface area contributed by atoms with Crippen LogP contribution in [0.5, 0.6) is 0 Å². The highest BCUT2D eigenvalue weighted by Crippen LogP contribution is 2.16. The zero-order valence-electron chi connectivity index (χ0n) is 13.2.